The number of halogens is 1. The van der Waals surface area contributed by atoms with Gasteiger partial charge in [0.2, 0.25) is 10.0 Å². The minimum absolute atomic E-state index is 0.0982. The molecule has 1 saturated heterocycles. The van der Waals surface area contributed by atoms with E-state index < -0.39 is 10.0 Å². The average molecular weight is 351 g/mol. The Morgan fingerprint density at radius 3 is 2.08 bits per heavy atom. The molecule has 0 unspecified atom stereocenters. The molecule has 5 nitrogen and oxygen atoms in total. The van der Waals surface area contributed by atoms with E-state index in [4.69, 9.17) is 9.47 Å². The van der Waals surface area contributed by atoms with Gasteiger partial charge in [-0.15, -0.1) is 0 Å². The van der Waals surface area contributed by atoms with Crippen molar-refractivity contribution in [2.45, 2.75) is 23.8 Å². The summed E-state index contributed by atoms with van der Waals surface area (Å²) in [5.41, 5.74) is 0. The fourth-order valence-corrected chi connectivity index (χ4v) is 3.73. The minimum atomic E-state index is -3.57. The Hall–Kier alpha value is -1.96. The standard InChI is InChI=1S/C17H18FNO4S/c18-13-1-3-15(4-2-13)23-16-5-7-17(8-6-16)24(20,21)19-14-9-11-22-12-10-14/h1-8,14,19H,9-12H2. The Labute approximate surface area is 140 Å². The Balaban J connectivity index is 1.67. The highest BCUT2D eigenvalue weighted by Gasteiger charge is 2.22. The maximum atomic E-state index is 12.9. The van der Waals surface area contributed by atoms with E-state index in [1.54, 1.807) is 12.1 Å². The van der Waals surface area contributed by atoms with Gasteiger partial charge in [0.15, 0.2) is 0 Å². The molecule has 128 valence electrons. The van der Waals surface area contributed by atoms with Crippen molar-refractivity contribution in [3.05, 3.63) is 54.3 Å². The molecule has 1 N–H and O–H groups in total. The molecular weight excluding hydrogens is 333 g/mol. The van der Waals surface area contributed by atoms with Gasteiger partial charge in [0.25, 0.3) is 0 Å². The summed E-state index contributed by atoms with van der Waals surface area (Å²) in [6.45, 7) is 1.13. The summed E-state index contributed by atoms with van der Waals surface area (Å²) < 4.78 is 51.1. The summed E-state index contributed by atoms with van der Waals surface area (Å²) in [4.78, 5) is 0.181. The second kappa shape index (κ2) is 7.29. The molecular formula is C17H18FNO4S. The topological polar surface area (TPSA) is 64.6 Å². The highest BCUT2D eigenvalue weighted by molar-refractivity contribution is 7.89. The van der Waals surface area contributed by atoms with Crippen molar-refractivity contribution in [1.82, 2.24) is 4.72 Å². The fourth-order valence-electron chi connectivity index (χ4n) is 2.43. The SMILES string of the molecule is O=S(=O)(NC1CCOCC1)c1ccc(Oc2ccc(F)cc2)cc1. The number of benzene rings is 2. The van der Waals surface area contributed by atoms with Crippen LogP contribution in [0.25, 0.3) is 0 Å². The number of rotatable bonds is 5. The van der Waals surface area contributed by atoms with Gasteiger partial charge in [-0.05, 0) is 61.4 Å². The molecule has 24 heavy (non-hydrogen) atoms. The lowest BCUT2D eigenvalue weighted by atomic mass is 10.1. The predicted molar refractivity (Wildman–Crippen MR) is 87.1 cm³/mol. The van der Waals surface area contributed by atoms with Crippen LogP contribution in [0.5, 0.6) is 11.5 Å². The van der Waals surface area contributed by atoms with E-state index in [1.165, 1.54) is 36.4 Å². The summed E-state index contributed by atoms with van der Waals surface area (Å²) >= 11 is 0. The second-order valence-electron chi connectivity index (χ2n) is 5.54. The molecule has 0 bridgehead atoms. The highest BCUT2D eigenvalue weighted by Crippen LogP contribution is 2.23. The van der Waals surface area contributed by atoms with Crippen LogP contribution >= 0.6 is 0 Å². The molecule has 1 aliphatic heterocycles. The largest absolute Gasteiger partial charge is 0.457 e. The molecule has 0 radical (unpaired) electrons. The molecule has 7 heteroatoms. The van der Waals surface area contributed by atoms with E-state index in [0.717, 1.165) is 0 Å². The molecule has 1 heterocycles. The lowest BCUT2D eigenvalue weighted by molar-refractivity contribution is 0.0832. The van der Waals surface area contributed by atoms with Crippen LogP contribution in [-0.2, 0) is 14.8 Å². The Kier molecular flexibility index (Phi) is 5.13. The Morgan fingerprint density at radius 1 is 0.958 bits per heavy atom. The molecule has 3 rings (SSSR count). The zero-order valence-corrected chi connectivity index (χ0v) is 13.8. The normalized spacial score (nSPS) is 16.0. The third-order valence-corrected chi connectivity index (χ3v) is 5.26. The molecule has 1 fully saturated rings. The van der Waals surface area contributed by atoms with Crippen molar-refractivity contribution in [3.8, 4) is 11.5 Å². The van der Waals surface area contributed by atoms with Crippen molar-refractivity contribution in [1.29, 1.82) is 0 Å². The van der Waals surface area contributed by atoms with Gasteiger partial charge in [0.05, 0.1) is 4.90 Å². The van der Waals surface area contributed by atoms with Gasteiger partial charge in [0, 0.05) is 19.3 Å². The molecule has 0 saturated carbocycles. The third-order valence-electron chi connectivity index (χ3n) is 3.73. The first-order chi connectivity index (χ1) is 11.5. The lowest BCUT2D eigenvalue weighted by Crippen LogP contribution is -2.38. The average Bonchev–Trinajstić information content (AvgIpc) is 2.58. The maximum absolute atomic E-state index is 12.9. The number of sulfonamides is 1. The molecule has 0 spiro atoms. The lowest BCUT2D eigenvalue weighted by Gasteiger charge is -2.22. The van der Waals surface area contributed by atoms with E-state index in [-0.39, 0.29) is 16.8 Å². The predicted octanol–water partition coefficient (Wildman–Crippen LogP) is 3.08. The first-order valence-electron chi connectivity index (χ1n) is 7.66. The number of hydrogen-bond acceptors (Lipinski definition) is 4. The van der Waals surface area contributed by atoms with Gasteiger partial charge in [-0.25, -0.2) is 17.5 Å². The number of hydrogen-bond donors (Lipinski definition) is 1. The number of nitrogens with one attached hydrogen (secondary N) is 1. The van der Waals surface area contributed by atoms with E-state index in [9.17, 15) is 12.8 Å². The van der Waals surface area contributed by atoms with Crippen LogP contribution in [-0.4, -0.2) is 27.7 Å². The van der Waals surface area contributed by atoms with Crippen LogP contribution < -0.4 is 9.46 Å². The zero-order chi connectivity index (χ0) is 17.0. The summed E-state index contributed by atoms with van der Waals surface area (Å²) in [7, 11) is -3.57. The van der Waals surface area contributed by atoms with Gasteiger partial charge in [-0.1, -0.05) is 0 Å². The van der Waals surface area contributed by atoms with Gasteiger partial charge in [-0.2, -0.15) is 0 Å². The maximum Gasteiger partial charge on any atom is 0.240 e. The van der Waals surface area contributed by atoms with Crippen LogP contribution in [0.2, 0.25) is 0 Å². The quantitative estimate of drug-likeness (QED) is 0.899. The first kappa shape index (κ1) is 16.9. The number of ether oxygens (including phenoxy) is 2. The van der Waals surface area contributed by atoms with E-state index in [1.807, 2.05) is 0 Å². The fraction of sp³-hybridized carbons (Fsp3) is 0.294. The highest BCUT2D eigenvalue weighted by atomic mass is 32.2. The second-order valence-corrected chi connectivity index (χ2v) is 7.25. The molecule has 1 aliphatic rings. The van der Waals surface area contributed by atoms with Crippen molar-refractivity contribution in [2.24, 2.45) is 0 Å². The van der Waals surface area contributed by atoms with Crippen LogP contribution in [0, 0.1) is 5.82 Å². The Morgan fingerprint density at radius 2 is 1.50 bits per heavy atom. The van der Waals surface area contributed by atoms with Crippen LogP contribution in [0.15, 0.2) is 53.4 Å². The Bertz CT molecular complexity index is 769. The van der Waals surface area contributed by atoms with Crippen molar-refractivity contribution >= 4 is 10.0 Å². The molecule has 0 aliphatic carbocycles. The molecule has 2 aromatic carbocycles. The minimum Gasteiger partial charge on any atom is -0.457 e. The molecule has 0 aromatic heterocycles. The summed E-state index contributed by atoms with van der Waals surface area (Å²) in [6, 6.07) is 11.6. The molecule has 2 aromatic rings. The summed E-state index contributed by atoms with van der Waals surface area (Å²) in [5, 5.41) is 0. The smallest absolute Gasteiger partial charge is 0.240 e. The molecule has 0 atom stereocenters. The van der Waals surface area contributed by atoms with Crippen molar-refractivity contribution < 1.29 is 22.3 Å². The van der Waals surface area contributed by atoms with Crippen molar-refractivity contribution in [3.63, 3.8) is 0 Å². The first-order valence-corrected chi connectivity index (χ1v) is 9.15. The molecule has 0 amide bonds. The van der Waals surface area contributed by atoms with E-state index in [2.05, 4.69) is 4.72 Å². The van der Waals surface area contributed by atoms with Crippen LogP contribution in [0.4, 0.5) is 4.39 Å². The zero-order valence-electron chi connectivity index (χ0n) is 12.9. The summed E-state index contributed by atoms with van der Waals surface area (Å²) in [5.74, 6) is 0.613. The van der Waals surface area contributed by atoms with Crippen molar-refractivity contribution in [2.75, 3.05) is 13.2 Å². The van der Waals surface area contributed by atoms with Gasteiger partial charge >= 0.3 is 0 Å². The summed E-state index contributed by atoms with van der Waals surface area (Å²) in [6.07, 6.45) is 1.34. The van der Waals surface area contributed by atoms with Gasteiger partial charge < -0.3 is 9.47 Å². The van der Waals surface area contributed by atoms with E-state index >= 15 is 0 Å². The third kappa shape index (κ3) is 4.31. The van der Waals surface area contributed by atoms with E-state index in [0.29, 0.717) is 37.6 Å². The van der Waals surface area contributed by atoms with Gasteiger partial charge in [-0.3, -0.25) is 0 Å². The van der Waals surface area contributed by atoms with Gasteiger partial charge in [0.1, 0.15) is 17.3 Å². The van der Waals surface area contributed by atoms with Crippen LogP contribution in [0.3, 0.4) is 0 Å². The van der Waals surface area contributed by atoms with Crippen LogP contribution in [0.1, 0.15) is 12.8 Å². The monoisotopic (exact) mass is 351 g/mol.